The van der Waals surface area contributed by atoms with E-state index in [1.54, 1.807) is 0 Å². The van der Waals surface area contributed by atoms with Gasteiger partial charge in [-0.15, -0.1) is 0 Å². The number of fused-ring (bicyclic) bond motifs is 1. The van der Waals surface area contributed by atoms with Crippen LogP contribution in [0.5, 0.6) is 0 Å². The number of carbonyl (C=O) groups is 2. The van der Waals surface area contributed by atoms with Crippen molar-refractivity contribution < 1.29 is 50.3 Å². The highest BCUT2D eigenvalue weighted by Crippen LogP contribution is 2.65. The van der Waals surface area contributed by atoms with Crippen molar-refractivity contribution in [3.63, 3.8) is 0 Å². The minimum Gasteiger partial charge on any atom is -0.743 e. The molecule has 2 aliphatic heterocycles. The highest BCUT2D eigenvalue weighted by molar-refractivity contribution is 7.87. The Bertz CT molecular complexity index is 840. The third-order valence-electron chi connectivity index (χ3n) is 6.74. The highest BCUT2D eigenvalue weighted by atomic mass is 32.2. The molecule has 0 amide bonds. The predicted molar refractivity (Wildman–Crippen MR) is 80.5 cm³/mol. The van der Waals surface area contributed by atoms with E-state index < -0.39 is 50.9 Å². The summed E-state index contributed by atoms with van der Waals surface area (Å²) in [5, 5.41) is -5.14. The fourth-order valence-corrected chi connectivity index (χ4v) is 6.14. The largest absolute Gasteiger partial charge is 0.743 e. The molecule has 28 heavy (non-hydrogen) atoms. The first-order valence-corrected chi connectivity index (χ1v) is 10.5. The Balaban J connectivity index is 1.40. The molecule has 6 aliphatic rings. The lowest BCUT2D eigenvalue weighted by Gasteiger charge is -2.62. The van der Waals surface area contributed by atoms with Gasteiger partial charge in [0.05, 0.1) is 0 Å². The van der Waals surface area contributed by atoms with Gasteiger partial charge in [0.1, 0.15) is 18.3 Å². The van der Waals surface area contributed by atoms with Gasteiger partial charge >= 0.3 is 17.2 Å². The summed E-state index contributed by atoms with van der Waals surface area (Å²) in [6.07, 6.45) is 0.529. The molecule has 1 spiro atoms. The van der Waals surface area contributed by atoms with Gasteiger partial charge in [0, 0.05) is 11.8 Å². The number of carbonyl (C=O) groups excluding carboxylic acids is 2. The average molecular weight is 423 g/mol. The number of ether oxygens (including phenoxy) is 4. The summed E-state index contributed by atoms with van der Waals surface area (Å²) in [7, 11) is -6.18. The third kappa shape index (κ3) is 2.34. The number of esters is 2. The standard InChI is InChI=1S/C16H18F2O9S/c17-16(18,28(21,22)23)13(20)27-14-3-7-1-8(4-14)15(9(2-7)5-14)25-10-6-24-12(19)11(10)26-15/h7-11H,1-6H2,(H,21,22,23)/p-1. The molecule has 156 valence electrons. The minimum atomic E-state index is -6.18. The number of cyclic esters (lactones) is 1. The van der Waals surface area contributed by atoms with Crippen LogP contribution < -0.4 is 0 Å². The fourth-order valence-electron chi connectivity index (χ4n) is 5.89. The van der Waals surface area contributed by atoms with Crippen molar-refractivity contribution in [1.29, 1.82) is 0 Å². The van der Waals surface area contributed by atoms with E-state index in [-0.39, 0.29) is 37.2 Å². The van der Waals surface area contributed by atoms with E-state index in [0.717, 1.165) is 0 Å². The maximum Gasteiger partial charge on any atom is 0.428 e. The summed E-state index contributed by atoms with van der Waals surface area (Å²) in [5.41, 5.74) is -1.29. The van der Waals surface area contributed by atoms with E-state index in [1.165, 1.54) is 0 Å². The second-order valence-electron chi connectivity index (χ2n) is 8.43. The molecule has 0 aromatic carbocycles. The Morgan fingerprint density at radius 2 is 1.82 bits per heavy atom. The normalized spacial score (nSPS) is 46.7. The zero-order chi connectivity index (χ0) is 20.1. The molecule has 4 aliphatic carbocycles. The molecule has 9 nitrogen and oxygen atoms in total. The van der Waals surface area contributed by atoms with Gasteiger partial charge in [-0.1, -0.05) is 0 Å². The molecule has 0 radical (unpaired) electrons. The monoisotopic (exact) mass is 423 g/mol. The van der Waals surface area contributed by atoms with Gasteiger partial charge < -0.3 is 23.5 Å². The molecule has 4 bridgehead atoms. The lowest BCUT2D eigenvalue weighted by Crippen LogP contribution is -2.66. The molecule has 6 fully saturated rings. The summed E-state index contributed by atoms with van der Waals surface area (Å²) in [5.74, 6) is -4.45. The Morgan fingerprint density at radius 3 is 2.39 bits per heavy atom. The van der Waals surface area contributed by atoms with Gasteiger partial charge in [0.25, 0.3) is 0 Å². The van der Waals surface area contributed by atoms with Gasteiger partial charge in [-0.2, -0.15) is 8.78 Å². The Hall–Kier alpha value is -1.37. The Kier molecular flexibility index (Phi) is 3.60. The molecular formula is C16H17F2O9S-. The first kappa shape index (κ1) is 18.6. The maximum atomic E-state index is 13.6. The summed E-state index contributed by atoms with van der Waals surface area (Å²) in [6.45, 7) is 0.0851. The summed E-state index contributed by atoms with van der Waals surface area (Å²) in [4.78, 5) is 23.7. The molecule has 6 rings (SSSR count). The molecule has 0 aromatic heterocycles. The highest BCUT2D eigenvalue weighted by Gasteiger charge is 2.71. The topological polar surface area (TPSA) is 128 Å². The van der Waals surface area contributed by atoms with Crippen molar-refractivity contribution in [3.8, 4) is 0 Å². The molecule has 0 aromatic rings. The van der Waals surface area contributed by atoms with Gasteiger partial charge in [0.15, 0.2) is 22.0 Å². The molecular weight excluding hydrogens is 406 g/mol. The number of halogens is 2. The first-order valence-electron chi connectivity index (χ1n) is 9.05. The lowest BCUT2D eigenvalue weighted by molar-refractivity contribution is -0.327. The van der Waals surface area contributed by atoms with Crippen LogP contribution in [0.15, 0.2) is 0 Å². The number of hydrogen-bond acceptors (Lipinski definition) is 9. The van der Waals surface area contributed by atoms with Gasteiger partial charge in [-0.05, 0) is 38.0 Å². The van der Waals surface area contributed by atoms with Crippen LogP contribution in [0.2, 0.25) is 0 Å². The number of rotatable bonds is 3. The van der Waals surface area contributed by atoms with Crippen LogP contribution in [-0.2, 0) is 38.7 Å². The quantitative estimate of drug-likeness (QED) is 0.464. The second kappa shape index (κ2) is 5.41. The third-order valence-corrected chi connectivity index (χ3v) is 7.53. The van der Waals surface area contributed by atoms with E-state index >= 15 is 0 Å². The van der Waals surface area contributed by atoms with Crippen molar-refractivity contribution >= 4 is 22.1 Å². The summed E-state index contributed by atoms with van der Waals surface area (Å²) >= 11 is 0. The minimum absolute atomic E-state index is 0.0630. The van der Waals surface area contributed by atoms with E-state index in [1.807, 2.05) is 0 Å². The fraction of sp³-hybridized carbons (Fsp3) is 0.875. The Morgan fingerprint density at radius 1 is 1.18 bits per heavy atom. The van der Waals surface area contributed by atoms with Crippen LogP contribution in [0.4, 0.5) is 8.78 Å². The molecule has 12 heteroatoms. The first-order chi connectivity index (χ1) is 13.0. The zero-order valence-electron chi connectivity index (χ0n) is 14.5. The molecule has 4 unspecified atom stereocenters. The molecule has 4 saturated carbocycles. The van der Waals surface area contributed by atoms with Crippen LogP contribution >= 0.6 is 0 Å². The SMILES string of the molecule is O=C1OCC2OC3(OC12)C1CC2CC3CC(OC(=O)C(F)(F)S(=O)(=O)[O-])(C2)C1. The molecule has 2 saturated heterocycles. The van der Waals surface area contributed by atoms with Crippen LogP contribution in [0.3, 0.4) is 0 Å². The molecule has 4 atom stereocenters. The van der Waals surface area contributed by atoms with Crippen LogP contribution in [0.1, 0.15) is 32.1 Å². The van der Waals surface area contributed by atoms with Crippen molar-refractivity contribution in [1.82, 2.24) is 0 Å². The van der Waals surface area contributed by atoms with Gasteiger partial charge in [-0.25, -0.2) is 18.0 Å². The number of alkyl halides is 2. The summed E-state index contributed by atoms with van der Waals surface area (Å²) < 4.78 is 81.5. The van der Waals surface area contributed by atoms with Crippen LogP contribution in [0, 0.1) is 17.8 Å². The number of hydrogen-bond donors (Lipinski definition) is 0. The van der Waals surface area contributed by atoms with E-state index in [9.17, 15) is 31.3 Å². The van der Waals surface area contributed by atoms with Gasteiger partial charge in [-0.3, -0.25) is 0 Å². The van der Waals surface area contributed by atoms with E-state index in [2.05, 4.69) is 0 Å². The molecule has 0 N–H and O–H groups in total. The van der Waals surface area contributed by atoms with Crippen LogP contribution in [-0.4, -0.2) is 60.4 Å². The van der Waals surface area contributed by atoms with Crippen molar-refractivity contribution in [2.75, 3.05) is 6.61 Å². The van der Waals surface area contributed by atoms with Crippen molar-refractivity contribution in [2.45, 2.75) is 61.0 Å². The zero-order valence-corrected chi connectivity index (χ0v) is 15.3. The lowest BCUT2D eigenvalue weighted by atomic mass is 9.51. The smallest absolute Gasteiger partial charge is 0.428 e. The van der Waals surface area contributed by atoms with Crippen LogP contribution in [0.25, 0.3) is 0 Å². The molecule has 2 heterocycles. The van der Waals surface area contributed by atoms with Crippen molar-refractivity contribution in [2.24, 2.45) is 17.8 Å². The van der Waals surface area contributed by atoms with E-state index in [0.29, 0.717) is 19.3 Å². The van der Waals surface area contributed by atoms with E-state index in [4.69, 9.17) is 18.9 Å². The average Bonchev–Trinajstić information content (AvgIpc) is 3.11. The Labute approximate surface area is 158 Å². The van der Waals surface area contributed by atoms with Gasteiger partial charge in [0.2, 0.25) is 0 Å². The van der Waals surface area contributed by atoms with Crippen molar-refractivity contribution in [3.05, 3.63) is 0 Å². The second-order valence-corrected chi connectivity index (χ2v) is 9.85. The summed E-state index contributed by atoms with van der Waals surface area (Å²) in [6, 6.07) is 0. The maximum absolute atomic E-state index is 13.6. The predicted octanol–water partition coefficient (Wildman–Crippen LogP) is 0.283.